The second kappa shape index (κ2) is 9.94. The van der Waals surface area contributed by atoms with Gasteiger partial charge in [-0.1, -0.05) is 19.9 Å². The smallest absolute Gasteiger partial charge is 0.312 e. The maximum absolute atomic E-state index is 11.1. The van der Waals surface area contributed by atoms with Crippen molar-refractivity contribution in [2.75, 3.05) is 27.4 Å². The average Bonchev–Trinajstić information content (AvgIpc) is 2.50. The van der Waals surface area contributed by atoms with E-state index in [1.54, 1.807) is 14.2 Å². The van der Waals surface area contributed by atoms with E-state index in [1.807, 2.05) is 32.0 Å². The van der Waals surface area contributed by atoms with Crippen LogP contribution < -0.4 is 20.5 Å². The summed E-state index contributed by atoms with van der Waals surface area (Å²) in [7, 11) is 3.28. The summed E-state index contributed by atoms with van der Waals surface area (Å²) < 4.78 is 16.1. The Morgan fingerprint density at radius 3 is 2.52 bits per heavy atom. The van der Waals surface area contributed by atoms with Crippen LogP contribution in [0, 0.1) is 5.92 Å². The largest absolute Gasteiger partial charge is 0.493 e. The Bertz CT molecular complexity index is 491. The van der Waals surface area contributed by atoms with Crippen molar-refractivity contribution in [3.8, 4) is 11.5 Å². The van der Waals surface area contributed by atoms with Crippen molar-refractivity contribution in [1.29, 1.82) is 0 Å². The molecule has 2 amide bonds. The van der Waals surface area contributed by atoms with Gasteiger partial charge in [0.25, 0.3) is 0 Å². The third-order valence-electron chi connectivity index (χ3n) is 3.57. The Hall–Kier alpha value is -1.95. The van der Waals surface area contributed by atoms with Crippen molar-refractivity contribution >= 4 is 6.03 Å². The summed E-state index contributed by atoms with van der Waals surface area (Å²) in [6.07, 6.45) is 1.49. The van der Waals surface area contributed by atoms with Gasteiger partial charge in [-0.05, 0) is 30.0 Å². The molecule has 1 aromatic carbocycles. The summed E-state index contributed by atoms with van der Waals surface area (Å²) in [5.41, 5.74) is 6.30. The summed E-state index contributed by atoms with van der Waals surface area (Å²) in [6, 6.07) is 5.26. The van der Waals surface area contributed by atoms with Crippen LogP contribution in [-0.2, 0) is 11.2 Å². The molecule has 130 valence electrons. The van der Waals surface area contributed by atoms with Gasteiger partial charge in [0.2, 0.25) is 0 Å². The zero-order valence-corrected chi connectivity index (χ0v) is 14.4. The molecule has 6 nitrogen and oxygen atoms in total. The van der Waals surface area contributed by atoms with Gasteiger partial charge >= 0.3 is 6.03 Å². The molecule has 1 aromatic rings. The topological polar surface area (TPSA) is 82.8 Å². The van der Waals surface area contributed by atoms with Gasteiger partial charge in [0, 0.05) is 26.2 Å². The second-order valence-electron chi connectivity index (χ2n) is 5.74. The Morgan fingerprint density at radius 2 is 1.96 bits per heavy atom. The minimum Gasteiger partial charge on any atom is -0.493 e. The number of amides is 2. The standard InChI is InChI=1S/C17H28N2O4/c1-12(2)14(19-17(18)20)10-13-6-7-15(22-4)16(11-13)23-9-5-8-21-3/h6-7,11-12,14H,5,8-10H2,1-4H3,(H3,18,19,20). The molecule has 0 saturated heterocycles. The SMILES string of the molecule is COCCCOc1cc(CC(NC(N)=O)C(C)C)ccc1OC. The third kappa shape index (κ3) is 6.78. The van der Waals surface area contributed by atoms with Gasteiger partial charge in [-0.3, -0.25) is 0 Å². The molecule has 23 heavy (non-hydrogen) atoms. The molecule has 1 unspecified atom stereocenters. The molecule has 6 heteroatoms. The van der Waals surface area contributed by atoms with E-state index in [2.05, 4.69) is 5.32 Å². The van der Waals surface area contributed by atoms with E-state index in [4.69, 9.17) is 19.9 Å². The highest BCUT2D eigenvalue weighted by Crippen LogP contribution is 2.29. The Balaban J connectivity index is 2.80. The monoisotopic (exact) mass is 324 g/mol. The normalized spacial score (nSPS) is 12.0. The molecule has 0 spiro atoms. The zero-order chi connectivity index (χ0) is 17.2. The summed E-state index contributed by atoms with van der Waals surface area (Å²) in [6.45, 7) is 5.30. The summed E-state index contributed by atoms with van der Waals surface area (Å²) in [4.78, 5) is 11.1. The van der Waals surface area contributed by atoms with E-state index < -0.39 is 6.03 Å². The molecule has 0 aromatic heterocycles. The first-order valence-corrected chi connectivity index (χ1v) is 7.82. The lowest BCUT2D eigenvalue weighted by molar-refractivity contribution is 0.170. The minimum atomic E-state index is -0.506. The number of nitrogens with two attached hydrogens (primary N) is 1. The molecule has 0 saturated carbocycles. The van der Waals surface area contributed by atoms with E-state index in [1.165, 1.54) is 0 Å². The zero-order valence-electron chi connectivity index (χ0n) is 14.4. The lowest BCUT2D eigenvalue weighted by atomic mass is 9.96. The molecular formula is C17H28N2O4. The van der Waals surface area contributed by atoms with Crippen LogP contribution >= 0.6 is 0 Å². The van der Waals surface area contributed by atoms with Crippen LogP contribution in [0.1, 0.15) is 25.8 Å². The van der Waals surface area contributed by atoms with E-state index in [-0.39, 0.29) is 12.0 Å². The van der Waals surface area contributed by atoms with E-state index in [0.717, 1.165) is 12.0 Å². The van der Waals surface area contributed by atoms with E-state index >= 15 is 0 Å². The third-order valence-corrected chi connectivity index (χ3v) is 3.57. The molecule has 0 radical (unpaired) electrons. The van der Waals surface area contributed by atoms with Crippen molar-refractivity contribution in [3.63, 3.8) is 0 Å². The maximum Gasteiger partial charge on any atom is 0.312 e. The van der Waals surface area contributed by atoms with Gasteiger partial charge in [-0.15, -0.1) is 0 Å². The number of ether oxygens (including phenoxy) is 3. The van der Waals surface area contributed by atoms with Crippen molar-refractivity contribution in [3.05, 3.63) is 23.8 Å². The number of rotatable bonds is 10. The molecule has 0 bridgehead atoms. The maximum atomic E-state index is 11.1. The molecule has 1 rings (SSSR count). The van der Waals surface area contributed by atoms with Crippen LogP contribution in [-0.4, -0.2) is 39.5 Å². The van der Waals surface area contributed by atoms with Crippen LogP contribution in [0.25, 0.3) is 0 Å². The number of carbonyl (C=O) groups excluding carboxylic acids is 1. The highest BCUT2D eigenvalue weighted by atomic mass is 16.5. The van der Waals surface area contributed by atoms with E-state index in [0.29, 0.717) is 31.1 Å². The van der Waals surface area contributed by atoms with Gasteiger partial charge < -0.3 is 25.3 Å². The first-order chi connectivity index (χ1) is 11.0. The Morgan fingerprint density at radius 1 is 1.22 bits per heavy atom. The highest BCUT2D eigenvalue weighted by Gasteiger charge is 2.16. The van der Waals surface area contributed by atoms with Gasteiger partial charge in [-0.2, -0.15) is 0 Å². The van der Waals surface area contributed by atoms with Gasteiger partial charge in [0.15, 0.2) is 11.5 Å². The van der Waals surface area contributed by atoms with Crippen LogP contribution in [0.5, 0.6) is 11.5 Å². The Kier molecular flexibility index (Phi) is 8.26. The number of carbonyl (C=O) groups is 1. The summed E-state index contributed by atoms with van der Waals surface area (Å²) in [5, 5.41) is 2.79. The predicted octanol–water partition coefficient (Wildman–Crippen LogP) is 2.35. The first-order valence-electron chi connectivity index (χ1n) is 7.82. The fraction of sp³-hybridized carbons (Fsp3) is 0.588. The number of hydrogen-bond acceptors (Lipinski definition) is 4. The number of nitrogens with one attached hydrogen (secondary N) is 1. The summed E-state index contributed by atoms with van der Waals surface area (Å²) in [5.74, 6) is 1.66. The lowest BCUT2D eigenvalue weighted by Gasteiger charge is -2.22. The van der Waals surface area contributed by atoms with Crippen molar-refractivity contribution < 1.29 is 19.0 Å². The lowest BCUT2D eigenvalue weighted by Crippen LogP contribution is -2.43. The number of urea groups is 1. The molecule has 0 heterocycles. The molecule has 1 atom stereocenters. The fourth-order valence-corrected chi connectivity index (χ4v) is 2.24. The van der Waals surface area contributed by atoms with Gasteiger partial charge in [0.05, 0.1) is 13.7 Å². The number of primary amides is 1. The van der Waals surface area contributed by atoms with Crippen LogP contribution in [0.15, 0.2) is 18.2 Å². The summed E-state index contributed by atoms with van der Waals surface area (Å²) >= 11 is 0. The van der Waals surface area contributed by atoms with Crippen molar-refractivity contribution in [2.45, 2.75) is 32.7 Å². The first kappa shape index (κ1) is 19.1. The van der Waals surface area contributed by atoms with Crippen LogP contribution in [0.2, 0.25) is 0 Å². The van der Waals surface area contributed by atoms with Crippen LogP contribution in [0.3, 0.4) is 0 Å². The van der Waals surface area contributed by atoms with Crippen LogP contribution in [0.4, 0.5) is 4.79 Å². The predicted molar refractivity (Wildman–Crippen MR) is 90.0 cm³/mol. The quantitative estimate of drug-likeness (QED) is 0.647. The molecule has 0 fully saturated rings. The number of hydrogen-bond donors (Lipinski definition) is 2. The average molecular weight is 324 g/mol. The van der Waals surface area contributed by atoms with Gasteiger partial charge in [0.1, 0.15) is 0 Å². The highest BCUT2D eigenvalue weighted by molar-refractivity contribution is 5.72. The molecular weight excluding hydrogens is 296 g/mol. The Labute approximate surface area is 138 Å². The van der Waals surface area contributed by atoms with Crippen molar-refractivity contribution in [1.82, 2.24) is 5.32 Å². The number of methoxy groups -OCH3 is 2. The molecule has 0 aliphatic rings. The second-order valence-corrected chi connectivity index (χ2v) is 5.74. The fourth-order valence-electron chi connectivity index (χ4n) is 2.24. The van der Waals surface area contributed by atoms with E-state index in [9.17, 15) is 4.79 Å². The number of benzene rings is 1. The molecule has 3 N–H and O–H groups in total. The molecule has 0 aliphatic carbocycles. The van der Waals surface area contributed by atoms with Gasteiger partial charge in [-0.25, -0.2) is 4.79 Å². The minimum absolute atomic E-state index is 0.0257. The van der Waals surface area contributed by atoms with Crippen molar-refractivity contribution in [2.24, 2.45) is 11.7 Å². The molecule has 0 aliphatic heterocycles.